The number of hydrogen-bond acceptors (Lipinski definition) is 2. The van der Waals surface area contributed by atoms with Crippen molar-refractivity contribution in [1.29, 1.82) is 0 Å². The quantitative estimate of drug-likeness (QED) is 0.819. The third kappa shape index (κ3) is 3.62. The van der Waals surface area contributed by atoms with E-state index in [2.05, 4.69) is 26.1 Å². The van der Waals surface area contributed by atoms with E-state index < -0.39 is 0 Å². The maximum Gasteiger partial charge on any atom is 0.0652 e. The Balaban J connectivity index is 2.79. The van der Waals surface area contributed by atoms with Crippen LogP contribution in [-0.4, -0.2) is 18.3 Å². The highest BCUT2D eigenvalue weighted by Crippen LogP contribution is 2.22. The Morgan fingerprint density at radius 1 is 1.06 bits per heavy atom. The summed E-state index contributed by atoms with van der Waals surface area (Å²) in [6.07, 6.45) is 0. The Hall–Kier alpha value is -0.860. The van der Waals surface area contributed by atoms with Crippen LogP contribution < -0.4 is 5.32 Å². The minimum Gasteiger partial charge on any atom is -0.394 e. The van der Waals surface area contributed by atoms with Crippen molar-refractivity contribution in [3.63, 3.8) is 0 Å². The van der Waals surface area contributed by atoms with Gasteiger partial charge in [-0.1, -0.05) is 51.1 Å². The molecule has 1 atom stereocenters. The largest absolute Gasteiger partial charge is 0.394 e. The predicted molar refractivity (Wildman–Crippen MR) is 68.3 cm³/mol. The van der Waals surface area contributed by atoms with Crippen LogP contribution in [0.5, 0.6) is 0 Å². The zero-order valence-electron chi connectivity index (χ0n) is 10.7. The van der Waals surface area contributed by atoms with Crippen molar-refractivity contribution in [1.82, 2.24) is 5.32 Å². The minimum atomic E-state index is -0.353. The highest BCUT2D eigenvalue weighted by molar-refractivity contribution is 5.23. The van der Waals surface area contributed by atoms with Crippen molar-refractivity contribution in [3.8, 4) is 0 Å². The number of aliphatic hydroxyl groups excluding tert-OH is 1. The molecule has 0 bridgehead atoms. The highest BCUT2D eigenvalue weighted by Gasteiger charge is 2.26. The third-order valence-electron chi connectivity index (χ3n) is 2.74. The summed E-state index contributed by atoms with van der Waals surface area (Å²) in [6, 6.07) is 10.1. The van der Waals surface area contributed by atoms with Crippen molar-refractivity contribution in [3.05, 3.63) is 35.9 Å². The fraction of sp³-hybridized carbons (Fsp3) is 0.571. The molecule has 90 valence electrons. The van der Waals surface area contributed by atoms with Crippen LogP contribution in [-0.2, 0) is 5.54 Å². The van der Waals surface area contributed by atoms with E-state index in [1.807, 2.05) is 37.3 Å². The van der Waals surface area contributed by atoms with Crippen LogP contribution in [0.2, 0.25) is 0 Å². The van der Waals surface area contributed by atoms with Crippen LogP contribution in [0.25, 0.3) is 0 Å². The van der Waals surface area contributed by atoms with Crippen molar-refractivity contribution in [2.45, 2.75) is 33.2 Å². The standard InChI is InChI=1S/C14H23NO/c1-13(2,3)10-15-14(4,11-16)12-8-6-5-7-9-12/h5-9,15-16H,10-11H2,1-4H3. The van der Waals surface area contributed by atoms with E-state index in [1.165, 1.54) is 0 Å². The minimum absolute atomic E-state index is 0.104. The molecular weight excluding hydrogens is 198 g/mol. The molecule has 0 saturated heterocycles. The molecule has 1 rings (SSSR count). The molecule has 0 saturated carbocycles. The zero-order valence-corrected chi connectivity index (χ0v) is 10.7. The first-order valence-corrected chi connectivity index (χ1v) is 5.79. The van der Waals surface area contributed by atoms with Gasteiger partial charge in [-0.25, -0.2) is 0 Å². The topological polar surface area (TPSA) is 32.3 Å². The average molecular weight is 221 g/mol. The lowest BCUT2D eigenvalue weighted by Crippen LogP contribution is -2.46. The summed E-state index contributed by atoms with van der Waals surface area (Å²) in [6.45, 7) is 9.56. The van der Waals surface area contributed by atoms with Crippen molar-refractivity contribution >= 4 is 0 Å². The van der Waals surface area contributed by atoms with Gasteiger partial charge in [-0.05, 0) is 17.9 Å². The van der Waals surface area contributed by atoms with E-state index >= 15 is 0 Å². The van der Waals surface area contributed by atoms with Gasteiger partial charge in [0.2, 0.25) is 0 Å². The molecule has 2 heteroatoms. The van der Waals surface area contributed by atoms with Gasteiger partial charge in [0, 0.05) is 6.54 Å². The van der Waals surface area contributed by atoms with Gasteiger partial charge in [0.25, 0.3) is 0 Å². The third-order valence-corrected chi connectivity index (χ3v) is 2.74. The summed E-state index contributed by atoms with van der Waals surface area (Å²) in [5.41, 5.74) is 0.987. The van der Waals surface area contributed by atoms with Crippen molar-refractivity contribution in [2.24, 2.45) is 5.41 Å². The lowest BCUT2D eigenvalue weighted by atomic mass is 9.89. The lowest BCUT2D eigenvalue weighted by Gasteiger charge is -2.33. The van der Waals surface area contributed by atoms with Crippen LogP contribution in [0, 0.1) is 5.41 Å². The fourth-order valence-corrected chi connectivity index (χ4v) is 1.52. The molecule has 1 unspecified atom stereocenters. The van der Waals surface area contributed by atoms with Crippen LogP contribution in [0.15, 0.2) is 30.3 Å². The summed E-state index contributed by atoms with van der Waals surface area (Å²) >= 11 is 0. The molecule has 0 fully saturated rings. The number of nitrogens with one attached hydrogen (secondary N) is 1. The molecule has 0 radical (unpaired) electrons. The Kier molecular flexibility index (Phi) is 4.11. The van der Waals surface area contributed by atoms with Gasteiger partial charge >= 0.3 is 0 Å². The Morgan fingerprint density at radius 3 is 2.06 bits per heavy atom. The smallest absolute Gasteiger partial charge is 0.0652 e. The van der Waals surface area contributed by atoms with E-state index in [0.717, 1.165) is 12.1 Å². The monoisotopic (exact) mass is 221 g/mol. The fourth-order valence-electron chi connectivity index (χ4n) is 1.52. The second-order valence-corrected chi connectivity index (χ2v) is 5.77. The summed E-state index contributed by atoms with van der Waals surface area (Å²) < 4.78 is 0. The Morgan fingerprint density at radius 2 is 1.62 bits per heavy atom. The number of aliphatic hydroxyl groups is 1. The summed E-state index contributed by atoms with van der Waals surface area (Å²) in [7, 11) is 0. The number of hydrogen-bond donors (Lipinski definition) is 2. The molecule has 0 amide bonds. The summed E-state index contributed by atoms with van der Waals surface area (Å²) in [5, 5.41) is 13.0. The summed E-state index contributed by atoms with van der Waals surface area (Å²) in [5.74, 6) is 0. The Labute approximate surface area is 98.7 Å². The molecule has 0 aromatic heterocycles. The molecule has 0 aliphatic carbocycles. The van der Waals surface area contributed by atoms with E-state index in [4.69, 9.17) is 0 Å². The normalized spacial score (nSPS) is 15.8. The SMILES string of the molecule is CC(C)(C)CNC(C)(CO)c1ccccc1. The number of rotatable bonds is 4. The van der Waals surface area contributed by atoms with Crippen LogP contribution >= 0.6 is 0 Å². The van der Waals surface area contributed by atoms with E-state index in [-0.39, 0.29) is 17.6 Å². The zero-order chi connectivity index (χ0) is 12.2. The predicted octanol–water partition coefficient (Wildman–Crippen LogP) is 2.53. The number of benzene rings is 1. The van der Waals surface area contributed by atoms with Gasteiger partial charge in [0.15, 0.2) is 0 Å². The molecule has 0 heterocycles. The molecule has 2 nitrogen and oxygen atoms in total. The maximum absolute atomic E-state index is 9.57. The van der Waals surface area contributed by atoms with Crippen molar-refractivity contribution < 1.29 is 5.11 Å². The van der Waals surface area contributed by atoms with Gasteiger partial charge in [-0.15, -0.1) is 0 Å². The first-order valence-electron chi connectivity index (χ1n) is 5.79. The van der Waals surface area contributed by atoms with Gasteiger partial charge < -0.3 is 10.4 Å². The molecule has 16 heavy (non-hydrogen) atoms. The average Bonchev–Trinajstić information content (AvgIpc) is 2.26. The van der Waals surface area contributed by atoms with Crippen molar-refractivity contribution in [2.75, 3.05) is 13.2 Å². The molecule has 1 aromatic rings. The maximum atomic E-state index is 9.57. The van der Waals surface area contributed by atoms with Gasteiger partial charge in [0.05, 0.1) is 12.1 Å². The molecule has 0 aliphatic rings. The second kappa shape index (κ2) is 4.98. The van der Waals surface area contributed by atoms with Crippen LogP contribution in [0.3, 0.4) is 0 Å². The molecule has 0 spiro atoms. The second-order valence-electron chi connectivity index (χ2n) is 5.77. The van der Waals surface area contributed by atoms with Gasteiger partial charge in [0.1, 0.15) is 0 Å². The first kappa shape index (κ1) is 13.2. The van der Waals surface area contributed by atoms with Crippen LogP contribution in [0.4, 0.5) is 0 Å². The van der Waals surface area contributed by atoms with E-state index in [0.29, 0.717) is 0 Å². The van der Waals surface area contributed by atoms with Gasteiger partial charge in [-0.2, -0.15) is 0 Å². The van der Waals surface area contributed by atoms with E-state index in [1.54, 1.807) is 0 Å². The Bertz CT molecular complexity index is 315. The summed E-state index contributed by atoms with van der Waals surface area (Å²) in [4.78, 5) is 0. The van der Waals surface area contributed by atoms with E-state index in [9.17, 15) is 5.11 Å². The first-order chi connectivity index (χ1) is 7.37. The molecular formula is C14H23NO. The molecule has 1 aromatic carbocycles. The highest BCUT2D eigenvalue weighted by atomic mass is 16.3. The molecule has 0 aliphatic heterocycles. The van der Waals surface area contributed by atoms with Gasteiger partial charge in [-0.3, -0.25) is 0 Å². The van der Waals surface area contributed by atoms with Crippen LogP contribution in [0.1, 0.15) is 33.3 Å². The molecule has 2 N–H and O–H groups in total. The lowest BCUT2D eigenvalue weighted by molar-refractivity contribution is 0.161.